The molecule has 1 saturated heterocycles. The Morgan fingerprint density at radius 1 is 1.04 bits per heavy atom. The fourth-order valence-corrected chi connectivity index (χ4v) is 3.71. The molecule has 1 fully saturated rings. The quantitative estimate of drug-likeness (QED) is 0.727. The Morgan fingerprint density at radius 3 is 2.78 bits per heavy atom. The second-order valence-electron chi connectivity index (χ2n) is 5.91. The average Bonchev–Trinajstić information content (AvgIpc) is 3.05. The minimum absolute atomic E-state index is 0.458. The van der Waals surface area contributed by atoms with Crippen LogP contribution in [-0.4, -0.2) is 24.1 Å². The highest BCUT2D eigenvalue weighted by molar-refractivity contribution is 9.10. The van der Waals surface area contributed by atoms with E-state index in [-0.39, 0.29) is 0 Å². The Bertz CT molecular complexity index is 819. The van der Waals surface area contributed by atoms with Gasteiger partial charge in [-0.05, 0) is 46.6 Å². The number of aromatic nitrogens is 1. The molecule has 2 aromatic carbocycles. The number of hydrogen-bond donors (Lipinski definition) is 1. The molecular formula is C19H18BrN3. The Balaban J connectivity index is 1.55. The maximum Gasteiger partial charge on any atom is 0.0864 e. The molecule has 4 heteroatoms. The third kappa shape index (κ3) is 2.91. The summed E-state index contributed by atoms with van der Waals surface area (Å²) in [5, 5.41) is 4.88. The molecule has 23 heavy (non-hydrogen) atoms. The number of pyridine rings is 1. The number of fused-ring (bicyclic) bond motifs is 1. The van der Waals surface area contributed by atoms with Gasteiger partial charge in [-0.25, -0.2) is 0 Å². The van der Waals surface area contributed by atoms with Gasteiger partial charge in [0.05, 0.1) is 5.52 Å². The van der Waals surface area contributed by atoms with Crippen LogP contribution in [0, 0.1) is 0 Å². The molecule has 3 aromatic rings. The SMILES string of the molecule is Brc1cccc2c(NC3CCN(c4ccccc4)C3)ccnc12. The van der Waals surface area contributed by atoms with Gasteiger partial charge in [-0.3, -0.25) is 4.98 Å². The lowest BCUT2D eigenvalue weighted by molar-refractivity contribution is 0.808. The lowest BCUT2D eigenvalue weighted by atomic mass is 10.1. The normalized spacial score (nSPS) is 17.6. The van der Waals surface area contributed by atoms with Crippen LogP contribution in [0.25, 0.3) is 10.9 Å². The number of rotatable bonds is 3. The van der Waals surface area contributed by atoms with Crippen LogP contribution in [0.3, 0.4) is 0 Å². The van der Waals surface area contributed by atoms with Crippen LogP contribution >= 0.6 is 15.9 Å². The predicted molar refractivity (Wildman–Crippen MR) is 100 cm³/mol. The van der Waals surface area contributed by atoms with E-state index in [4.69, 9.17) is 0 Å². The van der Waals surface area contributed by atoms with Gasteiger partial charge in [-0.2, -0.15) is 0 Å². The molecule has 0 aliphatic carbocycles. The molecule has 1 atom stereocenters. The number of nitrogens with one attached hydrogen (secondary N) is 1. The van der Waals surface area contributed by atoms with Crippen molar-refractivity contribution >= 4 is 38.2 Å². The summed E-state index contributed by atoms with van der Waals surface area (Å²) in [6.07, 6.45) is 3.02. The summed E-state index contributed by atoms with van der Waals surface area (Å²) in [6.45, 7) is 2.12. The fourth-order valence-electron chi connectivity index (χ4n) is 3.24. The summed E-state index contributed by atoms with van der Waals surface area (Å²) in [7, 11) is 0. The molecule has 1 aliphatic rings. The molecule has 3 nitrogen and oxygen atoms in total. The van der Waals surface area contributed by atoms with Gasteiger partial charge < -0.3 is 10.2 Å². The Hall–Kier alpha value is -2.07. The highest BCUT2D eigenvalue weighted by Gasteiger charge is 2.23. The van der Waals surface area contributed by atoms with Gasteiger partial charge in [-0.15, -0.1) is 0 Å². The lowest BCUT2D eigenvalue weighted by Crippen LogP contribution is -2.26. The largest absolute Gasteiger partial charge is 0.380 e. The van der Waals surface area contributed by atoms with E-state index in [9.17, 15) is 0 Å². The Morgan fingerprint density at radius 2 is 1.91 bits per heavy atom. The van der Waals surface area contributed by atoms with E-state index in [1.165, 1.54) is 11.1 Å². The topological polar surface area (TPSA) is 28.2 Å². The first-order chi connectivity index (χ1) is 11.3. The molecule has 1 aliphatic heterocycles. The summed E-state index contributed by atoms with van der Waals surface area (Å²) in [5.74, 6) is 0. The van der Waals surface area contributed by atoms with Gasteiger partial charge >= 0.3 is 0 Å². The standard InChI is InChI=1S/C19H18BrN3/c20-17-8-4-7-16-18(9-11-21-19(16)17)22-14-10-12-23(13-14)15-5-2-1-3-6-15/h1-9,11,14H,10,12-13H2,(H,21,22). The lowest BCUT2D eigenvalue weighted by Gasteiger charge is -2.20. The van der Waals surface area contributed by atoms with E-state index in [0.29, 0.717) is 6.04 Å². The molecule has 4 rings (SSSR count). The molecule has 1 N–H and O–H groups in total. The summed E-state index contributed by atoms with van der Waals surface area (Å²) >= 11 is 3.59. The second-order valence-corrected chi connectivity index (χ2v) is 6.76. The first-order valence-corrected chi connectivity index (χ1v) is 8.70. The number of anilines is 2. The molecule has 0 spiro atoms. The fraction of sp³-hybridized carbons (Fsp3) is 0.211. The van der Waals surface area contributed by atoms with Gasteiger partial charge in [-0.1, -0.05) is 30.3 Å². The van der Waals surface area contributed by atoms with Crippen LogP contribution < -0.4 is 10.2 Å². The molecule has 2 heterocycles. The van der Waals surface area contributed by atoms with Crippen molar-refractivity contribution in [3.63, 3.8) is 0 Å². The van der Waals surface area contributed by atoms with Crippen LogP contribution in [0.15, 0.2) is 65.3 Å². The van der Waals surface area contributed by atoms with Crippen molar-refractivity contribution in [2.45, 2.75) is 12.5 Å². The molecule has 116 valence electrons. The van der Waals surface area contributed by atoms with Gasteiger partial charge in [0.2, 0.25) is 0 Å². The number of benzene rings is 2. The van der Waals surface area contributed by atoms with Crippen LogP contribution in [0.1, 0.15) is 6.42 Å². The van der Waals surface area contributed by atoms with E-state index in [2.05, 4.69) is 79.7 Å². The maximum absolute atomic E-state index is 4.48. The van der Waals surface area contributed by atoms with Gasteiger partial charge in [0.1, 0.15) is 0 Å². The minimum atomic E-state index is 0.458. The second kappa shape index (κ2) is 6.20. The third-order valence-corrected chi connectivity index (χ3v) is 5.03. The number of halogens is 1. The highest BCUT2D eigenvalue weighted by Crippen LogP contribution is 2.29. The van der Waals surface area contributed by atoms with Crippen LogP contribution in [0.2, 0.25) is 0 Å². The van der Waals surface area contributed by atoms with Crippen molar-refractivity contribution in [1.29, 1.82) is 0 Å². The van der Waals surface area contributed by atoms with E-state index in [1.54, 1.807) is 0 Å². The van der Waals surface area contributed by atoms with E-state index in [0.717, 1.165) is 35.2 Å². The van der Waals surface area contributed by atoms with Crippen molar-refractivity contribution in [1.82, 2.24) is 4.98 Å². The maximum atomic E-state index is 4.48. The van der Waals surface area contributed by atoms with Crippen molar-refractivity contribution in [3.05, 3.63) is 65.3 Å². The van der Waals surface area contributed by atoms with E-state index in [1.807, 2.05) is 12.3 Å². The van der Waals surface area contributed by atoms with Gasteiger partial charge in [0.15, 0.2) is 0 Å². The zero-order valence-corrected chi connectivity index (χ0v) is 14.3. The minimum Gasteiger partial charge on any atom is -0.380 e. The molecule has 0 saturated carbocycles. The molecule has 1 aromatic heterocycles. The van der Waals surface area contributed by atoms with Gasteiger partial charge in [0, 0.05) is 46.6 Å². The van der Waals surface area contributed by atoms with Crippen LogP contribution in [-0.2, 0) is 0 Å². The molecular weight excluding hydrogens is 350 g/mol. The van der Waals surface area contributed by atoms with Gasteiger partial charge in [0.25, 0.3) is 0 Å². The number of para-hydroxylation sites is 2. The first-order valence-electron chi connectivity index (χ1n) is 7.91. The van der Waals surface area contributed by atoms with E-state index >= 15 is 0 Å². The highest BCUT2D eigenvalue weighted by atomic mass is 79.9. The predicted octanol–water partition coefficient (Wildman–Crippen LogP) is 4.69. The zero-order valence-electron chi connectivity index (χ0n) is 12.7. The monoisotopic (exact) mass is 367 g/mol. The average molecular weight is 368 g/mol. The smallest absolute Gasteiger partial charge is 0.0864 e. The number of hydrogen-bond acceptors (Lipinski definition) is 3. The summed E-state index contributed by atoms with van der Waals surface area (Å²) in [6, 6.07) is 19.4. The molecule has 0 bridgehead atoms. The summed E-state index contributed by atoms with van der Waals surface area (Å²) in [5.41, 5.74) is 3.48. The number of nitrogens with zero attached hydrogens (tertiary/aromatic N) is 2. The molecule has 0 radical (unpaired) electrons. The third-order valence-electron chi connectivity index (χ3n) is 4.39. The summed E-state index contributed by atoms with van der Waals surface area (Å²) in [4.78, 5) is 6.92. The van der Waals surface area contributed by atoms with E-state index < -0.39 is 0 Å². The zero-order chi connectivity index (χ0) is 15.6. The Labute approximate surface area is 144 Å². The molecule has 1 unspecified atom stereocenters. The van der Waals surface area contributed by atoms with Crippen molar-refractivity contribution in [2.24, 2.45) is 0 Å². The van der Waals surface area contributed by atoms with Crippen LogP contribution in [0.4, 0.5) is 11.4 Å². The van der Waals surface area contributed by atoms with Crippen LogP contribution in [0.5, 0.6) is 0 Å². The first kappa shape index (κ1) is 14.5. The summed E-state index contributed by atoms with van der Waals surface area (Å²) < 4.78 is 1.04. The van der Waals surface area contributed by atoms with Crippen molar-refractivity contribution in [3.8, 4) is 0 Å². The van der Waals surface area contributed by atoms with Crippen molar-refractivity contribution < 1.29 is 0 Å². The Kier molecular flexibility index (Phi) is 3.92. The molecule has 0 amide bonds. The van der Waals surface area contributed by atoms with Crippen molar-refractivity contribution in [2.75, 3.05) is 23.3 Å².